The van der Waals surface area contributed by atoms with Gasteiger partial charge in [0.1, 0.15) is 0 Å². The first-order valence-electron chi connectivity index (χ1n) is 5.47. The summed E-state index contributed by atoms with van der Waals surface area (Å²) >= 11 is 0. The van der Waals surface area contributed by atoms with E-state index in [2.05, 4.69) is 15.1 Å². The van der Waals surface area contributed by atoms with E-state index in [0.29, 0.717) is 5.82 Å². The van der Waals surface area contributed by atoms with Crippen molar-refractivity contribution in [1.29, 1.82) is 0 Å². The maximum Gasteiger partial charge on any atom is 0.183 e. The van der Waals surface area contributed by atoms with E-state index in [0.717, 1.165) is 16.8 Å². The molecule has 0 aliphatic rings. The topological polar surface area (TPSA) is 43.1 Å². The lowest BCUT2D eigenvalue weighted by molar-refractivity contribution is 0.961. The Balaban J connectivity index is 2.18. The number of pyridine rings is 2. The molecule has 0 unspecified atom stereocenters. The maximum atomic E-state index is 4.50. The quantitative estimate of drug-likeness (QED) is 0.637. The molecule has 17 heavy (non-hydrogen) atoms. The number of aryl methyl sites for hydroxylation is 2. The zero-order chi connectivity index (χ0) is 11.8. The first-order chi connectivity index (χ1) is 8.22. The molecule has 0 bridgehead atoms. The monoisotopic (exact) mass is 224 g/mol. The molecule has 0 N–H and O–H groups in total. The van der Waals surface area contributed by atoms with Crippen molar-refractivity contribution in [2.45, 2.75) is 13.8 Å². The van der Waals surface area contributed by atoms with Gasteiger partial charge in [0.2, 0.25) is 0 Å². The number of hydrogen-bond donors (Lipinski definition) is 0. The van der Waals surface area contributed by atoms with Gasteiger partial charge in [-0.15, -0.1) is 5.10 Å². The minimum atomic E-state index is 0.715. The average molecular weight is 224 g/mol. The molecule has 4 heteroatoms. The number of hydrogen-bond acceptors (Lipinski definition) is 3. The maximum absolute atomic E-state index is 4.50. The van der Waals surface area contributed by atoms with E-state index in [1.54, 1.807) is 10.7 Å². The predicted molar refractivity (Wildman–Crippen MR) is 65.7 cm³/mol. The molecule has 3 aromatic heterocycles. The van der Waals surface area contributed by atoms with E-state index in [9.17, 15) is 0 Å². The minimum absolute atomic E-state index is 0.715. The Morgan fingerprint density at radius 1 is 1.06 bits per heavy atom. The molecule has 0 aliphatic heterocycles. The summed E-state index contributed by atoms with van der Waals surface area (Å²) in [5.41, 5.74) is 4.10. The van der Waals surface area contributed by atoms with Crippen LogP contribution in [0.2, 0.25) is 0 Å². The van der Waals surface area contributed by atoms with Crippen molar-refractivity contribution in [3.05, 3.63) is 47.9 Å². The molecular weight excluding hydrogens is 212 g/mol. The van der Waals surface area contributed by atoms with Gasteiger partial charge in [-0.05, 0) is 43.2 Å². The number of rotatable bonds is 1. The van der Waals surface area contributed by atoms with Crippen molar-refractivity contribution in [1.82, 2.24) is 19.6 Å². The highest BCUT2D eigenvalue weighted by molar-refractivity contribution is 5.57. The molecule has 0 aliphatic carbocycles. The van der Waals surface area contributed by atoms with Crippen molar-refractivity contribution in [3.8, 4) is 11.4 Å². The van der Waals surface area contributed by atoms with E-state index < -0.39 is 0 Å². The standard InChI is InChI=1S/C13H12N4/c1-9-3-4-17-12(6-9)15-13(16-17)11-5-10(2)7-14-8-11/h3-8H,1-2H3. The van der Waals surface area contributed by atoms with Crippen LogP contribution < -0.4 is 0 Å². The zero-order valence-electron chi connectivity index (χ0n) is 9.75. The van der Waals surface area contributed by atoms with Gasteiger partial charge >= 0.3 is 0 Å². The van der Waals surface area contributed by atoms with Crippen LogP contribution in [0.5, 0.6) is 0 Å². The van der Waals surface area contributed by atoms with Crippen LogP contribution in [0.1, 0.15) is 11.1 Å². The van der Waals surface area contributed by atoms with Gasteiger partial charge in [-0.3, -0.25) is 4.98 Å². The molecule has 0 aromatic carbocycles. The van der Waals surface area contributed by atoms with E-state index in [-0.39, 0.29) is 0 Å². The van der Waals surface area contributed by atoms with Crippen molar-refractivity contribution < 1.29 is 0 Å². The summed E-state index contributed by atoms with van der Waals surface area (Å²) < 4.78 is 1.78. The Bertz CT molecular complexity index is 685. The Kier molecular flexibility index (Phi) is 2.14. The van der Waals surface area contributed by atoms with Crippen LogP contribution in [-0.4, -0.2) is 19.6 Å². The Morgan fingerprint density at radius 2 is 1.94 bits per heavy atom. The number of fused-ring (bicyclic) bond motifs is 1. The SMILES string of the molecule is Cc1cncc(-c2nc3cc(C)ccn3n2)c1. The third-order valence-corrected chi connectivity index (χ3v) is 2.63. The second-order valence-electron chi connectivity index (χ2n) is 4.19. The van der Waals surface area contributed by atoms with Crippen molar-refractivity contribution in [2.75, 3.05) is 0 Å². The Hall–Kier alpha value is -2.23. The summed E-state index contributed by atoms with van der Waals surface area (Å²) in [6.07, 6.45) is 5.53. The van der Waals surface area contributed by atoms with Crippen LogP contribution in [0.4, 0.5) is 0 Å². The van der Waals surface area contributed by atoms with Crippen molar-refractivity contribution >= 4 is 5.65 Å². The van der Waals surface area contributed by atoms with Crippen LogP contribution in [0, 0.1) is 13.8 Å². The van der Waals surface area contributed by atoms with Crippen LogP contribution in [0.3, 0.4) is 0 Å². The molecule has 0 saturated heterocycles. The molecule has 0 spiro atoms. The summed E-state index contributed by atoms with van der Waals surface area (Å²) in [6.45, 7) is 4.05. The lowest BCUT2D eigenvalue weighted by Gasteiger charge is -1.94. The van der Waals surface area contributed by atoms with Gasteiger partial charge in [0.05, 0.1) is 0 Å². The smallest absolute Gasteiger partial charge is 0.183 e. The lowest BCUT2D eigenvalue weighted by atomic mass is 10.2. The van der Waals surface area contributed by atoms with E-state index in [1.807, 2.05) is 44.4 Å². The summed E-state index contributed by atoms with van der Waals surface area (Å²) in [6, 6.07) is 6.06. The Labute approximate surface area is 99.0 Å². The highest BCUT2D eigenvalue weighted by Gasteiger charge is 2.06. The third-order valence-electron chi connectivity index (χ3n) is 2.63. The van der Waals surface area contributed by atoms with Gasteiger partial charge in [0.15, 0.2) is 11.5 Å². The fraction of sp³-hybridized carbons (Fsp3) is 0.154. The van der Waals surface area contributed by atoms with Gasteiger partial charge in [-0.25, -0.2) is 9.50 Å². The highest BCUT2D eigenvalue weighted by atomic mass is 15.3. The molecule has 84 valence electrons. The summed E-state index contributed by atoms with van der Waals surface area (Å²) in [4.78, 5) is 8.66. The normalized spacial score (nSPS) is 10.9. The first kappa shape index (κ1) is 9.96. The van der Waals surface area contributed by atoms with Crippen LogP contribution in [0.15, 0.2) is 36.8 Å². The molecule has 0 fully saturated rings. The molecule has 3 rings (SSSR count). The van der Waals surface area contributed by atoms with Crippen LogP contribution in [0.25, 0.3) is 17.0 Å². The fourth-order valence-electron chi connectivity index (χ4n) is 1.78. The van der Waals surface area contributed by atoms with Gasteiger partial charge in [-0.2, -0.15) is 0 Å². The molecule has 0 saturated carbocycles. The minimum Gasteiger partial charge on any atom is -0.264 e. The third kappa shape index (κ3) is 1.78. The second kappa shape index (κ2) is 3.66. The average Bonchev–Trinajstić information content (AvgIpc) is 2.72. The summed E-state index contributed by atoms with van der Waals surface area (Å²) in [5, 5.41) is 4.43. The molecule has 3 aromatic rings. The summed E-state index contributed by atoms with van der Waals surface area (Å²) in [5.74, 6) is 0.715. The van der Waals surface area contributed by atoms with Gasteiger partial charge in [-0.1, -0.05) is 0 Å². The number of aromatic nitrogens is 4. The molecule has 0 atom stereocenters. The first-order valence-corrected chi connectivity index (χ1v) is 5.47. The van der Waals surface area contributed by atoms with Gasteiger partial charge in [0, 0.05) is 24.2 Å². The summed E-state index contributed by atoms with van der Waals surface area (Å²) in [7, 11) is 0. The fourth-order valence-corrected chi connectivity index (χ4v) is 1.78. The van der Waals surface area contributed by atoms with Crippen LogP contribution >= 0.6 is 0 Å². The molecule has 4 nitrogen and oxygen atoms in total. The Morgan fingerprint density at radius 3 is 2.76 bits per heavy atom. The van der Waals surface area contributed by atoms with Crippen molar-refractivity contribution in [2.24, 2.45) is 0 Å². The molecule has 0 radical (unpaired) electrons. The highest BCUT2D eigenvalue weighted by Crippen LogP contribution is 2.16. The van der Waals surface area contributed by atoms with Crippen molar-refractivity contribution in [3.63, 3.8) is 0 Å². The van der Waals surface area contributed by atoms with Crippen LogP contribution in [-0.2, 0) is 0 Å². The van der Waals surface area contributed by atoms with Gasteiger partial charge in [0.25, 0.3) is 0 Å². The van der Waals surface area contributed by atoms with E-state index in [4.69, 9.17) is 0 Å². The second-order valence-corrected chi connectivity index (χ2v) is 4.19. The zero-order valence-corrected chi connectivity index (χ0v) is 9.75. The molecule has 0 amide bonds. The number of nitrogens with zero attached hydrogens (tertiary/aromatic N) is 4. The van der Waals surface area contributed by atoms with E-state index >= 15 is 0 Å². The molecule has 3 heterocycles. The predicted octanol–water partition coefficient (Wildman–Crippen LogP) is 2.41. The van der Waals surface area contributed by atoms with Gasteiger partial charge < -0.3 is 0 Å². The molecular formula is C13H12N4. The van der Waals surface area contributed by atoms with E-state index in [1.165, 1.54) is 5.56 Å². The largest absolute Gasteiger partial charge is 0.264 e. The lowest BCUT2D eigenvalue weighted by Crippen LogP contribution is -1.87.